The maximum atomic E-state index is 4.69. The van der Waals surface area contributed by atoms with E-state index in [4.69, 9.17) is 5.10 Å². The average Bonchev–Trinajstić information content (AvgIpc) is 3.17. The van der Waals surface area contributed by atoms with Crippen LogP contribution in [0.5, 0.6) is 0 Å². The van der Waals surface area contributed by atoms with E-state index in [0.29, 0.717) is 0 Å². The molecule has 0 spiro atoms. The van der Waals surface area contributed by atoms with Gasteiger partial charge in [-0.25, -0.2) is 4.68 Å². The van der Waals surface area contributed by atoms with Crippen LogP contribution in [0.25, 0.3) is 5.69 Å². The van der Waals surface area contributed by atoms with Gasteiger partial charge in [0.15, 0.2) is 0 Å². The molecule has 0 radical (unpaired) electrons. The first-order chi connectivity index (χ1) is 9.86. The molecule has 1 N–H and O–H groups in total. The molecule has 0 saturated heterocycles. The summed E-state index contributed by atoms with van der Waals surface area (Å²) in [7, 11) is 1.99. The van der Waals surface area contributed by atoms with Crippen LogP contribution < -0.4 is 5.32 Å². The Kier molecular flexibility index (Phi) is 3.95. The van der Waals surface area contributed by atoms with E-state index < -0.39 is 0 Å². The number of nitrogens with one attached hydrogen (secondary N) is 1. The van der Waals surface area contributed by atoms with E-state index in [-0.39, 0.29) is 6.04 Å². The van der Waals surface area contributed by atoms with Crippen molar-refractivity contribution in [3.63, 3.8) is 0 Å². The number of hydrogen-bond acceptors (Lipinski definition) is 3. The van der Waals surface area contributed by atoms with Crippen molar-refractivity contribution in [2.24, 2.45) is 0 Å². The normalized spacial score (nSPS) is 12.4. The van der Waals surface area contributed by atoms with Gasteiger partial charge in [-0.15, -0.1) is 11.3 Å². The second-order valence-corrected chi connectivity index (χ2v) is 5.68. The Morgan fingerprint density at radius 3 is 2.70 bits per heavy atom. The van der Waals surface area contributed by atoms with Crippen LogP contribution in [-0.4, -0.2) is 16.8 Å². The maximum Gasteiger partial charge on any atom is 0.0801 e. The Balaban J connectivity index is 1.81. The van der Waals surface area contributed by atoms with Crippen molar-refractivity contribution in [2.45, 2.75) is 12.5 Å². The highest BCUT2D eigenvalue weighted by atomic mass is 32.1. The fourth-order valence-corrected chi connectivity index (χ4v) is 2.98. The second-order valence-electron chi connectivity index (χ2n) is 4.65. The van der Waals surface area contributed by atoms with E-state index in [1.165, 1.54) is 4.88 Å². The first kappa shape index (κ1) is 13.1. The molecule has 20 heavy (non-hydrogen) atoms. The largest absolute Gasteiger partial charge is 0.311 e. The van der Waals surface area contributed by atoms with Crippen LogP contribution in [0.1, 0.15) is 16.6 Å². The molecule has 0 bridgehead atoms. The molecule has 4 heteroatoms. The lowest BCUT2D eigenvalue weighted by Crippen LogP contribution is -2.19. The van der Waals surface area contributed by atoms with E-state index in [9.17, 15) is 0 Å². The third-order valence-electron chi connectivity index (χ3n) is 3.32. The zero-order valence-electron chi connectivity index (χ0n) is 11.4. The minimum Gasteiger partial charge on any atom is -0.311 e. The van der Waals surface area contributed by atoms with Crippen LogP contribution >= 0.6 is 11.3 Å². The summed E-state index contributed by atoms with van der Waals surface area (Å²) in [6, 6.07) is 16.8. The molecule has 0 aliphatic rings. The van der Waals surface area contributed by atoms with E-state index >= 15 is 0 Å². The summed E-state index contributed by atoms with van der Waals surface area (Å²) < 4.78 is 1.92. The first-order valence-electron chi connectivity index (χ1n) is 6.67. The summed E-state index contributed by atoms with van der Waals surface area (Å²) >= 11 is 1.79. The van der Waals surface area contributed by atoms with Crippen LogP contribution in [0.3, 0.4) is 0 Å². The molecule has 3 rings (SSSR count). The quantitative estimate of drug-likeness (QED) is 0.777. The van der Waals surface area contributed by atoms with Crippen molar-refractivity contribution in [3.05, 3.63) is 70.7 Å². The van der Waals surface area contributed by atoms with Gasteiger partial charge in [-0.1, -0.05) is 24.3 Å². The minimum atomic E-state index is 0.249. The maximum absolute atomic E-state index is 4.69. The van der Waals surface area contributed by atoms with Gasteiger partial charge in [0.05, 0.1) is 17.4 Å². The molecule has 2 aromatic heterocycles. The molecular formula is C16H17N3S. The Bertz CT molecular complexity index is 643. The SMILES string of the molecule is CNC(Cc1cccs1)c1ccn(-c2ccccc2)n1. The first-order valence-corrected chi connectivity index (χ1v) is 7.55. The van der Waals surface area contributed by atoms with E-state index in [1.807, 2.05) is 36.1 Å². The highest BCUT2D eigenvalue weighted by molar-refractivity contribution is 7.09. The van der Waals surface area contributed by atoms with Crippen molar-refractivity contribution >= 4 is 11.3 Å². The smallest absolute Gasteiger partial charge is 0.0801 e. The van der Waals surface area contributed by atoms with Crippen molar-refractivity contribution in [1.82, 2.24) is 15.1 Å². The lowest BCUT2D eigenvalue weighted by atomic mass is 10.1. The zero-order valence-corrected chi connectivity index (χ0v) is 12.2. The molecule has 3 nitrogen and oxygen atoms in total. The monoisotopic (exact) mass is 283 g/mol. The summed E-state index contributed by atoms with van der Waals surface area (Å²) in [5, 5.41) is 10.2. The highest BCUT2D eigenvalue weighted by Crippen LogP contribution is 2.20. The number of hydrogen-bond donors (Lipinski definition) is 1. The fraction of sp³-hybridized carbons (Fsp3) is 0.188. The van der Waals surface area contributed by atoms with Crippen LogP contribution in [0, 0.1) is 0 Å². The summed E-state index contributed by atoms with van der Waals surface area (Å²) in [5.41, 5.74) is 2.16. The number of benzene rings is 1. The molecular weight excluding hydrogens is 266 g/mol. The lowest BCUT2D eigenvalue weighted by molar-refractivity contribution is 0.573. The predicted molar refractivity (Wildman–Crippen MR) is 83.4 cm³/mol. The van der Waals surface area contributed by atoms with Gasteiger partial charge in [-0.05, 0) is 36.7 Å². The number of nitrogens with zero attached hydrogens (tertiary/aromatic N) is 2. The molecule has 102 valence electrons. The Hall–Kier alpha value is -1.91. The van der Waals surface area contributed by atoms with Gasteiger partial charge in [0.25, 0.3) is 0 Å². The number of likely N-dealkylation sites (N-methyl/N-ethyl adjacent to an activating group) is 1. The van der Waals surface area contributed by atoms with Crippen LogP contribution in [0.2, 0.25) is 0 Å². The highest BCUT2D eigenvalue weighted by Gasteiger charge is 2.14. The van der Waals surface area contributed by atoms with Crippen molar-refractivity contribution in [2.75, 3.05) is 7.05 Å². The molecule has 3 aromatic rings. The van der Waals surface area contributed by atoms with Gasteiger partial charge >= 0.3 is 0 Å². The average molecular weight is 283 g/mol. The fourth-order valence-electron chi connectivity index (χ4n) is 2.23. The van der Waals surface area contributed by atoms with Crippen molar-refractivity contribution in [1.29, 1.82) is 0 Å². The molecule has 1 aromatic carbocycles. The van der Waals surface area contributed by atoms with Crippen molar-refractivity contribution < 1.29 is 0 Å². The summed E-state index contributed by atoms with van der Waals surface area (Å²) in [6.45, 7) is 0. The molecule has 1 unspecified atom stereocenters. The van der Waals surface area contributed by atoms with E-state index in [0.717, 1.165) is 17.8 Å². The van der Waals surface area contributed by atoms with Gasteiger partial charge < -0.3 is 5.32 Å². The summed E-state index contributed by atoms with van der Waals surface area (Å²) in [6.07, 6.45) is 2.99. The lowest BCUT2D eigenvalue weighted by Gasteiger charge is -2.12. The van der Waals surface area contributed by atoms with Gasteiger partial charge in [0.1, 0.15) is 0 Å². The number of thiophene rings is 1. The van der Waals surface area contributed by atoms with Gasteiger partial charge in [0.2, 0.25) is 0 Å². The zero-order chi connectivity index (χ0) is 13.8. The number of rotatable bonds is 5. The van der Waals surface area contributed by atoms with Gasteiger partial charge in [0, 0.05) is 17.5 Å². The number of para-hydroxylation sites is 1. The third-order valence-corrected chi connectivity index (χ3v) is 4.22. The number of aromatic nitrogens is 2. The van der Waals surface area contributed by atoms with E-state index in [2.05, 4.69) is 41.0 Å². The molecule has 0 fully saturated rings. The Morgan fingerprint density at radius 2 is 2.00 bits per heavy atom. The molecule has 1 atom stereocenters. The van der Waals surface area contributed by atoms with Crippen LogP contribution in [0.15, 0.2) is 60.1 Å². The van der Waals surface area contributed by atoms with Crippen molar-refractivity contribution in [3.8, 4) is 5.69 Å². The molecule has 2 heterocycles. The Labute approximate surface area is 122 Å². The van der Waals surface area contributed by atoms with Crippen LogP contribution in [-0.2, 0) is 6.42 Å². The molecule has 0 saturated carbocycles. The second kappa shape index (κ2) is 6.03. The van der Waals surface area contributed by atoms with Gasteiger partial charge in [-0.2, -0.15) is 5.10 Å². The van der Waals surface area contributed by atoms with Crippen LogP contribution in [0.4, 0.5) is 0 Å². The molecule has 0 aliphatic heterocycles. The third kappa shape index (κ3) is 2.81. The Morgan fingerprint density at radius 1 is 1.15 bits per heavy atom. The molecule has 0 amide bonds. The molecule has 0 aliphatic carbocycles. The summed E-state index contributed by atoms with van der Waals surface area (Å²) in [5.74, 6) is 0. The van der Waals surface area contributed by atoms with Gasteiger partial charge in [-0.3, -0.25) is 0 Å². The minimum absolute atomic E-state index is 0.249. The van der Waals surface area contributed by atoms with E-state index in [1.54, 1.807) is 11.3 Å². The summed E-state index contributed by atoms with van der Waals surface area (Å²) in [4.78, 5) is 1.37. The standard InChI is InChI=1S/C16H17N3S/c1-17-16(12-14-8-5-11-20-14)15-9-10-19(18-15)13-6-3-2-4-7-13/h2-11,16-17H,12H2,1H3. The topological polar surface area (TPSA) is 29.9 Å². The predicted octanol–water partition coefficient (Wildman–Crippen LogP) is 3.44.